The van der Waals surface area contributed by atoms with Crippen LogP contribution in [-0.2, 0) is 24.8 Å². The zero-order valence-electron chi connectivity index (χ0n) is 10.9. The van der Waals surface area contributed by atoms with E-state index in [-0.39, 0.29) is 18.4 Å². The van der Waals surface area contributed by atoms with E-state index >= 15 is 0 Å². The molecular formula is C13H13N5O2. The van der Waals surface area contributed by atoms with Crippen molar-refractivity contribution < 1.29 is 9.59 Å². The first-order valence-electron chi connectivity index (χ1n) is 6.17. The van der Waals surface area contributed by atoms with E-state index in [2.05, 4.69) is 20.7 Å². The van der Waals surface area contributed by atoms with Crippen LogP contribution in [0, 0.1) is 0 Å². The minimum absolute atomic E-state index is 0.0461. The van der Waals surface area contributed by atoms with E-state index in [1.54, 1.807) is 36.3 Å². The summed E-state index contributed by atoms with van der Waals surface area (Å²) in [7, 11) is 1.77. The molecule has 0 atom stereocenters. The summed E-state index contributed by atoms with van der Waals surface area (Å²) in [5.74, 6) is 0.284. The van der Waals surface area contributed by atoms with Crippen molar-refractivity contribution in [3.63, 3.8) is 0 Å². The molecule has 7 heteroatoms. The summed E-state index contributed by atoms with van der Waals surface area (Å²) in [6, 6.07) is 5.18. The maximum Gasteiger partial charge on any atom is 0.251 e. The van der Waals surface area contributed by atoms with Crippen molar-refractivity contribution in [3.8, 4) is 0 Å². The van der Waals surface area contributed by atoms with Crippen LogP contribution in [0.3, 0.4) is 0 Å². The second kappa shape index (κ2) is 4.76. The molecule has 1 aliphatic heterocycles. The van der Waals surface area contributed by atoms with Crippen LogP contribution in [0.1, 0.15) is 21.7 Å². The number of carbonyl (C=O) groups is 2. The van der Waals surface area contributed by atoms with Gasteiger partial charge in [-0.05, 0) is 17.7 Å². The molecule has 0 aliphatic carbocycles. The molecule has 20 heavy (non-hydrogen) atoms. The molecule has 0 spiro atoms. The Morgan fingerprint density at radius 2 is 2.35 bits per heavy atom. The van der Waals surface area contributed by atoms with E-state index in [4.69, 9.17) is 0 Å². The molecule has 0 fully saturated rings. The molecule has 7 nitrogen and oxygen atoms in total. The van der Waals surface area contributed by atoms with E-state index in [1.807, 2.05) is 0 Å². The molecule has 1 aromatic carbocycles. The third kappa shape index (κ3) is 2.37. The number of fused-ring (bicyclic) bond motifs is 1. The quantitative estimate of drug-likeness (QED) is 0.837. The first-order chi connectivity index (χ1) is 9.61. The van der Waals surface area contributed by atoms with Gasteiger partial charge in [0.2, 0.25) is 5.91 Å². The van der Waals surface area contributed by atoms with Crippen molar-refractivity contribution in [2.24, 2.45) is 7.05 Å². The Balaban J connectivity index is 1.69. The number of anilines is 1. The maximum atomic E-state index is 12.0. The van der Waals surface area contributed by atoms with Crippen LogP contribution < -0.4 is 10.6 Å². The van der Waals surface area contributed by atoms with Gasteiger partial charge in [0, 0.05) is 18.3 Å². The molecule has 1 aliphatic rings. The SMILES string of the molecule is Cn1cnc(CNC(=O)c2ccc3c(c2)NC(=O)C3)n1. The largest absolute Gasteiger partial charge is 0.345 e. The summed E-state index contributed by atoms with van der Waals surface area (Å²) in [6.45, 7) is 0.267. The second-order valence-electron chi connectivity index (χ2n) is 4.61. The molecule has 3 rings (SSSR count). The normalized spacial score (nSPS) is 12.9. The summed E-state index contributed by atoms with van der Waals surface area (Å²) in [6.07, 6.45) is 1.95. The lowest BCUT2D eigenvalue weighted by molar-refractivity contribution is -0.115. The minimum Gasteiger partial charge on any atom is -0.345 e. The minimum atomic E-state index is -0.221. The highest BCUT2D eigenvalue weighted by molar-refractivity contribution is 6.02. The van der Waals surface area contributed by atoms with Gasteiger partial charge in [0.15, 0.2) is 5.82 Å². The first kappa shape index (κ1) is 12.3. The Bertz CT molecular complexity index is 692. The molecule has 0 bridgehead atoms. The van der Waals surface area contributed by atoms with Crippen molar-refractivity contribution in [2.75, 3.05) is 5.32 Å². The van der Waals surface area contributed by atoms with Gasteiger partial charge in [-0.15, -0.1) is 0 Å². The fourth-order valence-electron chi connectivity index (χ4n) is 2.08. The maximum absolute atomic E-state index is 12.0. The van der Waals surface area contributed by atoms with Crippen LogP contribution >= 0.6 is 0 Å². The third-order valence-electron chi connectivity index (χ3n) is 3.05. The Kier molecular flexibility index (Phi) is 2.94. The molecular weight excluding hydrogens is 258 g/mol. The van der Waals surface area contributed by atoms with Crippen molar-refractivity contribution in [1.29, 1.82) is 0 Å². The van der Waals surface area contributed by atoms with Crippen molar-refractivity contribution in [3.05, 3.63) is 41.5 Å². The smallest absolute Gasteiger partial charge is 0.251 e. The Hall–Kier alpha value is -2.70. The number of benzene rings is 1. The topological polar surface area (TPSA) is 88.9 Å². The van der Waals surface area contributed by atoms with Crippen molar-refractivity contribution >= 4 is 17.5 Å². The highest BCUT2D eigenvalue weighted by Crippen LogP contribution is 2.23. The van der Waals surface area contributed by atoms with Gasteiger partial charge in [-0.3, -0.25) is 14.3 Å². The Morgan fingerprint density at radius 1 is 1.50 bits per heavy atom. The summed E-state index contributed by atoms with van der Waals surface area (Å²) in [4.78, 5) is 27.3. The van der Waals surface area contributed by atoms with Crippen LogP contribution in [-0.4, -0.2) is 26.6 Å². The fraction of sp³-hybridized carbons (Fsp3) is 0.231. The first-order valence-corrected chi connectivity index (χ1v) is 6.17. The molecule has 2 amide bonds. The summed E-state index contributed by atoms with van der Waals surface area (Å²) in [5, 5.41) is 9.54. The van der Waals surface area contributed by atoms with Gasteiger partial charge < -0.3 is 10.6 Å². The number of hydrogen-bond acceptors (Lipinski definition) is 4. The average molecular weight is 271 g/mol. The number of aromatic nitrogens is 3. The van der Waals surface area contributed by atoms with Crippen LogP contribution in [0.4, 0.5) is 5.69 Å². The summed E-state index contributed by atoms with van der Waals surface area (Å²) >= 11 is 0. The summed E-state index contributed by atoms with van der Waals surface area (Å²) in [5.41, 5.74) is 2.12. The molecule has 1 aromatic heterocycles. The van der Waals surface area contributed by atoms with E-state index in [0.717, 1.165) is 5.56 Å². The Morgan fingerprint density at radius 3 is 3.10 bits per heavy atom. The van der Waals surface area contributed by atoms with Crippen LogP contribution in [0.15, 0.2) is 24.5 Å². The molecule has 0 saturated carbocycles. The number of nitrogens with one attached hydrogen (secondary N) is 2. The molecule has 0 radical (unpaired) electrons. The van der Waals surface area contributed by atoms with Gasteiger partial charge in [0.1, 0.15) is 6.33 Å². The van der Waals surface area contributed by atoms with E-state index in [9.17, 15) is 9.59 Å². The van der Waals surface area contributed by atoms with Gasteiger partial charge in [0.25, 0.3) is 5.91 Å². The van der Waals surface area contributed by atoms with Crippen molar-refractivity contribution in [2.45, 2.75) is 13.0 Å². The average Bonchev–Trinajstić information content (AvgIpc) is 2.99. The van der Waals surface area contributed by atoms with Crippen LogP contribution in [0.2, 0.25) is 0 Å². The zero-order valence-corrected chi connectivity index (χ0v) is 10.9. The lowest BCUT2D eigenvalue weighted by Gasteiger charge is -2.05. The molecule has 102 valence electrons. The van der Waals surface area contributed by atoms with Gasteiger partial charge in [-0.1, -0.05) is 6.07 Å². The number of aryl methyl sites for hydroxylation is 1. The highest BCUT2D eigenvalue weighted by Gasteiger charge is 2.19. The molecule has 0 saturated heterocycles. The highest BCUT2D eigenvalue weighted by atomic mass is 16.2. The van der Waals surface area contributed by atoms with E-state index in [1.165, 1.54) is 0 Å². The fourth-order valence-corrected chi connectivity index (χ4v) is 2.08. The zero-order chi connectivity index (χ0) is 14.1. The standard InChI is InChI=1S/C13H13N5O2/c1-18-7-15-11(17-18)6-14-13(20)9-3-2-8-5-12(19)16-10(8)4-9/h2-4,7H,5-6H2,1H3,(H,14,20)(H,16,19). The Labute approximate surface area is 115 Å². The summed E-state index contributed by atoms with van der Waals surface area (Å²) < 4.78 is 1.58. The van der Waals surface area contributed by atoms with Gasteiger partial charge in [-0.2, -0.15) is 5.10 Å². The molecule has 2 N–H and O–H groups in total. The lowest BCUT2D eigenvalue weighted by Crippen LogP contribution is -2.23. The second-order valence-corrected chi connectivity index (χ2v) is 4.61. The number of hydrogen-bond donors (Lipinski definition) is 2. The van der Waals surface area contributed by atoms with E-state index in [0.29, 0.717) is 23.5 Å². The van der Waals surface area contributed by atoms with Crippen LogP contribution in [0.25, 0.3) is 0 Å². The monoisotopic (exact) mass is 271 g/mol. The van der Waals surface area contributed by atoms with Crippen LogP contribution in [0.5, 0.6) is 0 Å². The number of rotatable bonds is 3. The molecule has 2 aromatic rings. The number of carbonyl (C=O) groups excluding carboxylic acids is 2. The lowest BCUT2D eigenvalue weighted by atomic mass is 10.1. The van der Waals surface area contributed by atoms with Gasteiger partial charge in [-0.25, -0.2) is 4.98 Å². The third-order valence-corrected chi connectivity index (χ3v) is 3.05. The molecule has 0 unspecified atom stereocenters. The van der Waals surface area contributed by atoms with Gasteiger partial charge >= 0.3 is 0 Å². The predicted octanol–water partition coefficient (Wildman–Crippen LogP) is 0.240. The predicted molar refractivity (Wildman–Crippen MR) is 70.9 cm³/mol. The molecule has 2 heterocycles. The van der Waals surface area contributed by atoms with Crippen molar-refractivity contribution in [1.82, 2.24) is 20.1 Å². The van der Waals surface area contributed by atoms with Gasteiger partial charge in [0.05, 0.1) is 13.0 Å². The number of nitrogens with zero attached hydrogens (tertiary/aromatic N) is 3. The number of amides is 2. The van der Waals surface area contributed by atoms with E-state index < -0.39 is 0 Å².